The number of likely N-dealkylation sites (tertiary alicyclic amines) is 1. The average Bonchev–Trinajstić information content (AvgIpc) is 3.26. The molecular formula is C22H26N4O. The standard InChI is InChI=1S/C22H26N4O/c1-15-13-24-21(16-4-2-5-16)26(15)19-6-3-11-25(14-19)22(27)18-7-8-20-17(12-18)9-10-23-20/h7-10,12-13,16,19,23H,2-6,11,14H2,1H3. The normalized spacial score (nSPS) is 20.8. The number of hydrogen-bond acceptors (Lipinski definition) is 2. The molecule has 27 heavy (non-hydrogen) atoms. The van der Waals surface area contributed by atoms with Gasteiger partial charge in [-0.3, -0.25) is 4.79 Å². The van der Waals surface area contributed by atoms with Crippen molar-refractivity contribution in [1.82, 2.24) is 19.4 Å². The van der Waals surface area contributed by atoms with Gasteiger partial charge in [-0.25, -0.2) is 4.98 Å². The van der Waals surface area contributed by atoms with Crippen LogP contribution in [0.3, 0.4) is 0 Å². The van der Waals surface area contributed by atoms with E-state index in [4.69, 9.17) is 4.98 Å². The number of amides is 1. The Morgan fingerprint density at radius 3 is 2.89 bits per heavy atom. The number of nitrogens with one attached hydrogen (secondary N) is 1. The second-order valence-corrected chi connectivity index (χ2v) is 8.08. The van der Waals surface area contributed by atoms with E-state index in [1.54, 1.807) is 0 Å². The molecule has 1 aromatic carbocycles. The van der Waals surface area contributed by atoms with Crippen molar-refractivity contribution in [1.29, 1.82) is 0 Å². The van der Waals surface area contributed by atoms with Gasteiger partial charge in [-0.1, -0.05) is 6.42 Å². The molecule has 1 saturated carbocycles. The molecule has 140 valence electrons. The van der Waals surface area contributed by atoms with E-state index in [1.807, 2.05) is 41.6 Å². The summed E-state index contributed by atoms with van der Waals surface area (Å²) in [6.45, 7) is 3.77. The fraction of sp³-hybridized carbons (Fsp3) is 0.455. The van der Waals surface area contributed by atoms with Crippen LogP contribution in [0.4, 0.5) is 0 Å². The van der Waals surface area contributed by atoms with Crippen LogP contribution < -0.4 is 0 Å². The van der Waals surface area contributed by atoms with Crippen LogP contribution >= 0.6 is 0 Å². The van der Waals surface area contributed by atoms with Crippen molar-refractivity contribution >= 4 is 16.8 Å². The topological polar surface area (TPSA) is 53.9 Å². The zero-order valence-corrected chi connectivity index (χ0v) is 15.8. The highest BCUT2D eigenvalue weighted by atomic mass is 16.2. The molecule has 2 fully saturated rings. The summed E-state index contributed by atoms with van der Waals surface area (Å²) in [7, 11) is 0. The molecule has 1 aliphatic heterocycles. The van der Waals surface area contributed by atoms with Crippen molar-refractivity contribution in [2.24, 2.45) is 0 Å². The number of H-pyrrole nitrogens is 1. The molecular weight excluding hydrogens is 336 g/mol. The molecule has 3 heterocycles. The number of nitrogens with zero attached hydrogens (tertiary/aromatic N) is 3. The van der Waals surface area contributed by atoms with Gasteiger partial charge in [0.2, 0.25) is 0 Å². The maximum Gasteiger partial charge on any atom is 0.253 e. The number of hydrogen-bond donors (Lipinski definition) is 1. The maximum atomic E-state index is 13.1. The molecule has 0 spiro atoms. The number of aromatic amines is 1. The summed E-state index contributed by atoms with van der Waals surface area (Å²) in [6.07, 6.45) is 9.91. The molecule has 1 unspecified atom stereocenters. The molecule has 0 bridgehead atoms. The van der Waals surface area contributed by atoms with Crippen LogP contribution in [0, 0.1) is 6.92 Å². The quantitative estimate of drug-likeness (QED) is 0.750. The molecule has 1 atom stereocenters. The predicted molar refractivity (Wildman–Crippen MR) is 106 cm³/mol. The highest BCUT2D eigenvalue weighted by molar-refractivity contribution is 5.98. The van der Waals surface area contributed by atoms with Crippen LogP contribution in [0.15, 0.2) is 36.7 Å². The first-order chi connectivity index (χ1) is 13.2. The van der Waals surface area contributed by atoms with Crippen LogP contribution in [0.2, 0.25) is 0 Å². The Labute approximate surface area is 159 Å². The van der Waals surface area contributed by atoms with Gasteiger partial charge in [0, 0.05) is 53.6 Å². The number of fused-ring (bicyclic) bond motifs is 1. The SMILES string of the molecule is Cc1cnc(C2CCC2)n1C1CCCN(C(=O)c2ccc3[nH]ccc3c2)C1. The van der Waals surface area contributed by atoms with Crippen molar-refractivity contribution in [2.45, 2.75) is 51.0 Å². The van der Waals surface area contributed by atoms with Crippen molar-refractivity contribution in [3.8, 4) is 0 Å². The highest BCUT2D eigenvalue weighted by Gasteiger charge is 2.31. The lowest BCUT2D eigenvalue weighted by molar-refractivity contribution is 0.0675. The lowest BCUT2D eigenvalue weighted by Gasteiger charge is -2.36. The summed E-state index contributed by atoms with van der Waals surface area (Å²) >= 11 is 0. The van der Waals surface area contributed by atoms with E-state index in [9.17, 15) is 4.79 Å². The predicted octanol–water partition coefficient (Wildman–Crippen LogP) is 4.42. The van der Waals surface area contributed by atoms with Gasteiger partial charge < -0.3 is 14.5 Å². The van der Waals surface area contributed by atoms with E-state index < -0.39 is 0 Å². The Bertz CT molecular complexity index is 981. The maximum absolute atomic E-state index is 13.1. The third-order valence-corrected chi connectivity index (χ3v) is 6.33. The molecule has 5 rings (SSSR count). The molecule has 2 aliphatic rings. The van der Waals surface area contributed by atoms with E-state index in [1.165, 1.54) is 30.8 Å². The number of carbonyl (C=O) groups is 1. The van der Waals surface area contributed by atoms with E-state index in [2.05, 4.69) is 16.5 Å². The summed E-state index contributed by atoms with van der Waals surface area (Å²) in [4.78, 5) is 23.1. The lowest BCUT2D eigenvalue weighted by Crippen LogP contribution is -2.41. The van der Waals surface area contributed by atoms with Gasteiger partial charge in [-0.05, 0) is 56.9 Å². The minimum atomic E-state index is 0.144. The van der Waals surface area contributed by atoms with Gasteiger partial charge in [-0.2, -0.15) is 0 Å². The zero-order valence-electron chi connectivity index (χ0n) is 15.8. The zero-order chi connectivity index (χ0) is 18.4. The van der Waals surface area contributed by atoms with E-state index in [0.717, 1.165) is 42.4 Å². The number of aromatic nitrogens is 3. The Hall–Kier alpha value is -2.56. The largest absolute Gasteiger partial charge is 0.361 e. The molecule has 2 aromatic heterocycles. The first-order valence-electron chi connectivity index (χ1n) is 10.1. The second kappa shape index (κ2) is 6.55. The summed E-state index contributed by atoms with van der Waals surface area (Å²) in [6, 6.07) is 8.30. The Morgan fingerprint density at radius 1 is 1.19 bits per heavy atom. The number of piperidine rings is 1. The van der Waals surface area contributed by atoms with Crippen LogP contribution in [0.25, 0.3) is 10.9 Å². The van der Waals surface area contributed by atoms with Crippen molar-refractivity contribution < 1.29 is 4.79 Å². The molecule has 1 saturated heterocycles. The van der Waals surface area contributed by atoms with E-state index >= 15 is 0 Å². The summed E-state index contributed by atoms with van der Waals surface area (Å²) < 4.78 is 2.43. The summed E-state index contributed by atoms with van der Waals surface area (Å²) in [5.41, 5.74) is 3.08. The number of imidazole rings is 1. The van der Waals surface area contributed by atoms with Crippen LogP contribution in [-0.4, -0.2) is 38.4 Å². The first-order valence-corrected chi connectivity index (χ1v) is 10.1. The lowest BCUT2D eigenvalue weighted by atomic mass is 9.84. The average molecular weight is 362 g/mol. The Morgan fingerprint density at radius 2 is 2.07 bits per heavy atom. The molecule has 5 nitrogen and oxygen atoms in total. The summed E-state index contributed by atoms with van der Waals surface area (Å²) in [5.74, 6) is 2.00. The van der Waals surface area contributed by atoms with Gasteiger partial charge in [0.1, 0.15) is 5.82 Å². The third kappa shape index (κ3) is 2.85. The van der Waals surface area contributed by atoms with Crippen LogP contribution in [0.1, 0.15) is 65.9 Å². The highest BCUT2D eigenvalue weighted by Crippen LogP contribution is 2.38. The van der Waals surface area contributed by atoms with Gasteiger partial charge in [0.05, 0.1) is 6.04 Å². The fourth-order valence-electron chi connectivity index (χ4n) is 4.63. The minimum Gasteiger partial charge on any atom is -0.361 e. The number of carbonyl (C=O) groups excluding carboxylic acids is 1. The molecule has 1 aliphatic carbocycles. The van der Waals surface area contributed by atoms with Crippen molar-refractivity contribution in [2.75, 3.05) is 13.1 Å². The number of rotatable bonds is 3. The molecule has 0 radical (unpaired) electrons. The number of benzene rings is 1. The Balaban J connectivity index is 1.39. The smallest absolute Gasteiger partial charge is 0.253 e. The van der Waals surface area contributed by atoms with E-state index in [-0.39, 0.29) is 5.91 Å². The molecule has 3 aromatic rings. The Kier molecular flexibility index (Phi) is 4.03. The van der Waals surface area contributed by atoms with Crippen LogP contribution in [-0.2, 0) is 0 Å². The summed E-state index contributed by atoms with van der Waals surface area (Å²) in [5, 5.41) is 1.09. The first kappa shape index (κ1) is 16.6. The minimum absolute atomic E-state index is 0.144. The van der Waals surface area contributed by atoms with Crippen molar-refractivity contribution in [3.05, 3.63) is 53.7 Å². The van der Waals surface area contributed by atoms with Gasteiger partial charge in [0.15, 0.2) is 0 Å². The van der Waals surface area contributed by atoms with Gasteiger partial charge >= 0.3 is 0 Å². The molecule has 5 heteroatoms. The third-order valence-electron chi connectivity index (χ3n) is 6.33. The number of aryl methyl sites for hydroxylation is 1. The van der Waals surface area contributed by atoms with Gasteiger partial charge in [-0.15, -0.1) is 0 Å². The second-order valence-electron chi connectivity index (χ2n) is 8.08. The molecule has 1 amide bonds. The molecule has 1 N–H and O–H groups in total. The van der Waals surface area contributed by atoms with E-state index in [0.29, 0.717) is 12.0 Å². The van der Waals surface area contributed by atoms with Crippen molar-refractivity contribution in [3.63, 3.8) is 0 Å². The van der Waals surface area contributed by atoms with Gasteiger partial charge in [0.25, 0.3) is 5.91 Å². The fourth-order valence-corrected chi connectivity index (χ4v) is 4.63. The van der Waals surface area contributed by atoms with Crippen LogP contribution in [0.5, 0.6) is 0 Å². The monoisotopic (exact) mass is 362 g/mol.